The molecule has 1 aromatic heterocycles. The predicted octanol–water partition coefficient (Wildman–Crippen LogP) is 2.98. The van der Waals surface area contributed by atoms with Crippen molar-refractivity contribution >= 4 is 12.2 Å². The maximum absolute atomic E-state index is 5.54. The summed E-state index contributed by atoms with van der Waals surface area (Å²) in [5.41, 5.74) is 2.61. The standard InChI is InChI=1S/C20H27NO/c1-14-2-4-16(5-3-14)19-12-18(13-21-19)15-6-7-17-10-11-22-20(17)9-8-15/h6-7,9-11,14,16,18-19,21H,2-5,8,12-13H2,1H3/t14?,16?,18-,19?/m1/s1. The Hall–Kier alpha value is -1.28. The summed E-state index contributed by atoms with van der Waals surface area (Å²) in [5.74, 6) is 2.57. The van der Waals surface area contributed by atoms with Crippen molar-refractivity contribution in [1.29, 1.82) is 0 Å². The Bertz CT molecular complexity index is 660. The first-order chi connectivity index (χ1) is 10.8. The number of furan rings is 1. The van der Waals surface area contributed by atoms with Gasteiger partial charge in [0.15, 0.2) is 0 Å². The first-order valence-electron chi connectivity index (χ1n) is 8.97. The van der Waals surface area contributed by atoms with Crippen molar-refractivity contribution in [2.75, 3.05) is 6.54 Å². The lowest BCUT2D eigenvalue weighted by molar-refractivity contribution is 0.241. The average Bonchev–Trinajstić information content (AvgIpc) is 3.15. The SMILES string of the molecule is CC1CCC(C2C[C@@H](C3=CC=c4ccoc4=CC3)CN2)CC1. The van der Waals surface area contributed by atoms with Crippen molar-refractivity contribution in [2.24, 2.45) is 17.8 Å². The van der Waals surface area contributed by atoms with Crippen LogP contribution in [0.3, 0.4) is 0 Å². The molecule has 0 radical (unpaired) electrons. The van der Waals surface area contributed by atoms with Crippen LogP contribution >= 0.6 is 0 Å². The molecular formula is C20H27NO. The van der Waals surface area contributed by atoms with Gasteiger partial charge in [-0.05, 0) is 55.6 Å². The van der Waals surface area contributed by atoms with Crippen molar-refractivity contribution in [2.45, 2.75) is 51.5 Å². The van der Waals surface area contributed by atoms with Crippen LogP contribution in [0.5, 0.6) is 0 Å². The molecule has 1 N–H and O–H groups in total. The summed E-state index contributed by atoms with van der Waals surface area (Å²) in [6.07, 6.45) is 16.7. The molecular weight excluding hydrogens is 270 g/mol. The highest BCUT2D eigenvalue weighted by molar-refractivity contribution is 5.46. The Kier molecular flexibility index (Phi) is 3.96. The van der Waals surface area contributed by atoms with Crippen LogP contribution in [0.25, 0.3) is 12.2 Å². The Labute approximate surface area is 133 Å². The van der Waals surface area contributed by atoms with Crippen LogP contribution in [0.4, 0.5) is 0 Å². The zero-order valence-corrected chi connectivity index (χ0v) is 13.6. The van der Waals surface area contributed by atoms with Crippen molar-refractivity contribution in [3.63, 3.8) is 0 Å². The van der Waals surface area contributed by atoms with Gasteiger partial charge in [-0.15, -0.1) is 0 Å². The van der Waals surface area contributed by atoms with E-state index < -0.39 is 0 Å². The molecule has 2 heterocycles. The van der Waals surface area contributed by atoms with E-state index in [9.17, 15) is 0 Å². The first kappa shape index (κ1) is 14.3. The fourth-order valence-electron chi connectivity index (χ4n) is 4.51. The van der Waals surface area contributed by atoms with Crippen molar-refractivity contribution in [1.82, 2.24) is 5.32 Å². The normalized spacial score (nSPS) is 35.0. The minimum Gasteiger partial charge on any atom is -0.465 e. The molecule has 0 spiro atoms. The van der Waals surface area contributed by atoms with Gasteiger partial charge in [0.1, 0.15) is 5.42 Å². The molecule has 22 heavy (non-hydrogen) atoms. The van der Waals surface area contributed by atoms with Crippen LogP contribution in [0.2, 0.25) is 0 Å². The van der Waals surface area contributed by atoms with Crippen LogP contribution in [0.15, 0.2) is 28.4 Å². The summed E-state index contributed by atoms with van der Waals surface area (Å²) in [5, 5.41) is 5.05. The van der Waals surface area contributed by atoms with Crippen molar-refractivity contribution in [3.8, 4) is 0 Å². The molecule has 0 bridgehead atoms. The highest BCUT2D eigenvalue weighted by Crippen LogP contribution is 2.36. The second-order valence-electron chi connectivity index (χ2n) is 7.52. The molecule has 2 fully saturated rings. The van der Waals surface area contributed by atoms with E-state index >= 15 is 0 Å². The van der Waals surface area contributed by atoms with Gasteiger partial charge >= 0.3 is 0 Å². The van der Waals surface area contributed by atoms with E-state index in [4.69, 9.17) is 4.42 Å². The lowest BCUT2D eigenvalue weighted by atomic mass is 9.78. The second kappa shape index (κ2) is 6.08. The fraction of sp³-hybridized carbons (Fsp3) is 0.600. The molecule has 1 unspecified atom stereocenters. The number of fused-ring (bicyclic) bond motifs is 1. The molecule has 2 nitrogen and oxygen atoms in total. The Morgan fingerprint density at radius 3 is 2.86 bits per heavy atom. The number of allylic oxidation sites excluding steroid dienone is 1. The van der Waals surface area contributed by atoms with Gasteiger partial charge < -0.3 is 9.73 Å². The summed E-state index contributed by atoms with van der Waals surface area (Å²) < 4.78 is 5.54. The number of nitrogens with one attached hydrogen (secondary N) is 1. The molecule has 2 aliphatic carbocycles. The molecule has 1 saturated carbocycles. The zero-order valence-electron chi connectivity index (χ0n) is 13.6. The van der Waals surface area contributed by atoms with Gasteiger partial charge in [-0.2, -0.15) is 0 Å². The van der Waals surface area contributed by atoms with Crippen LogP contribution in [0.1, 0.15) is 45.4 Å². The van der Waals surface area contributed by atoms with E-state index in [-0.39, 0.29) is 0 Å². The quantitative estimate of drug-likeness (QED) is 0.908. The summed E-state index contributed by atoms with van der Waals surface area (Å²) in [6.45, 7) is 3.57. The summed E-state index contributed by atoms with van der Waals surface area (Å²) in [4.78, 5) is 0. The van der Waals surface area contributed by atoms with Gasteiger partial charge in [-0.25, -0.2) is 0 Å². The van der Waals surface area contributed by atoms with Crippen LogP contribution < -0.4 is 16.0 Å². The monoisotopic (exact) mass is 297 g/mol. The van der Waals surface area contributed by atoms with E-state index in [1.165, 1.54) is 37.3 Å². The van der Waals surface area contributed by atoms with E-state index in [0.717, 1.165) is 36.3 Å². The summed E-state index contributed by atoms with van der Waals surface area (Å²) in [7, 11) is 0. The molecule has 1 aromatic rings. The minimum atomic E-state index is 0.709. The molecule has 4 rings (SSSR count). The number of rotatable bonds is 2. The van der Waals surface area contributed by atoms with Gasteiger partial charge in [0, 0.05) is 17.8 Å². The van der Waals surface area contributed by atoms with Crippen LogP contribution in [0, 0.1) is 17.8 Å². The molecule has 0 amide bonds. The predicted molar refractivity (Wildman–Crippen MR) is 90.6 cm³/mol. The molecule has 118 valence electrons. The lowest BCUT2D eigenvalue weighted by Gasteiger charge is -2.30. The largest absolute Gasteiger partial charge is 0.465 e. The number of hydrogen-bond donors (Lipinski definition) is 1. The van der Waals surface area contributed by atoms with Gasteiger partial charge in [-0.1, -0.05) is 37.5 Å². The fourth-order valence-corrected chi connectivity index (χ4v) is 4.51. The molecule has 0 aromatic carbocycles. The molecule has 3 aliphatic rings. The first-order valence-corrected chi connectivity index (χ1v) is 8.97. The van der Waals surface area contributed by atoms with E-state index in [0.29, 0.717) is 5.92 Å². The third-order valence-corrected chi connectivity index (χ3v) is 6.05. The van der Waals surface area contributed by atoms with Crippen LogP contribution in [-0.4, -0.2) is 12.6 Å². The maximum atomic E-state index is 5.54. The maximum Gasteiger partial charge on any atom is 0.130 e. The highest BCUT2D eigenvalue weighted by atomic mass is 16.3. The third-order valence-electron chi connectivity index (χ3n) is 6.05. The highest BCUT2D eigenvalue weighted by Gasteiger charge is 2.33. The lowest BCUT2D eigenvalue weighted by Crippen LogP contribution is -2.32. The molecule has 2 heteroatoms. The van der Waals surface area contributed by atoms with Gasteiger partial charge in [-0.3, -0.25) is 0 Å². The topological polar surface area (TPSA) is 25.2 Å². The third kappa shape index (κ3) is 2.81. The second-order valence-corrected chi connectivity index (χ2v) is 7.52. The molecule has 1 aliphatic heterocycles. The zero-order chi connectivity index (χ0) is 14.9. The van der Waals surface area contributed by atoms with Crippen molar-refractivity contribution < 1.29 is 4.42 Å². The van der Waals surface area contributed by atoms with Gasteiger partial charge in [0.2, 0.25) is 0 Å². The minimum absolute atomic E-state index is 0.709. The van der Waals surface area contributed by atoms with Gasteiger partial charge in [0.05, 0.1) is 6.26 Å². The van der Waals surface area contributed by atoms with Crippen LogP contribution in [-0.2, 0) is 0 Å². The van der Waals surface area contributed by atoms with E-state index in [2.05, 4.69) is 36.5 Å². The van der Waals surface area contributed by atoms with Gasteiger partial charge in [0.25, 0.3) is 0 Å². The molecule has 2 atom stereocenters. The number of hydrogen-bond acceptors (Lipinski definition) is 2. The summed E-state index contributed by atoms with van der Waals surface area (Å²) >= 11 is 0. The Balaban J connectivity index is 1.42. The molecule has 1 saturated heterocycles. The summed E-state index contributed by atoms with van der Waals surface area (Å²) in [6, 6.07) is 2.81. The Morgan fingerprint density at radius 1 is 1.14 bits per heavy atom. The smallest absolute Gasteiger partial charge is 0.130 e. The Morgan fingerprint density at radius 2 is 2.00 bits per heavy atom. The van der Waals surface area contributed by atoms with E-state index in [1.54, 1.807) is 11.8 Å². The average molecular weight is 297 g/mol. The van der Waals surface area contributed by atoms with E-state index in [1.807, 2.05) is 0 Å². The van der Waals surface area contributed by atoms with Crippen molar-refractivity contribution in [3.05, 3.63) is 34.6 Å².